The Morgan fingerprint density at radius 1 is 1.08 bits per heavy atom. The number of halogens is 3. The van der Waals surface area contributed by atoms with Gasteiger partial charge in [-0.1, -0.05) is 24.1 Å². The molecule has 0 bridgehead atoms. The lowest BCUT2D eigenvalue weighted by atomic mass is 9.91. The number of rotatable bonds is 8. The Bertz CT molecular complexity index is 1550. The third kappa shape index (κ3) is 5.27. The van der Waals surface area contributed by atoms with Gasteiger partial charge in [0, 0.05) is 17.5 Å². The van der Waals surface area contributed by atoms with Crippen molar-refractivity contribution in [2.24, 2.45) is 0 Å². The Morgan fingerprint density at radius 2 is 1.82 bits per heavy atom. The number of methoxy groups -OCH3 is 1. The average Bonchev–Trinajstić information content (AvgIpc) is 3.12. The molecule has 0 spiro atoms. The third-order valence-electron chi connectivity index (χ3n) is 6.37. The monoisotopic (exact) mass is 542 g/mol. The Hall–Kier alpha value is -4.46. The van der Waals surface area contributed by atoms with Gasteiger partial charge in [0.05, 0.1) is 13.7 Å². The number of para-hydroxylation sites is 1. The van der Waals surface area contributed by atoms with Gasteiger partial charge in [0.1, 0.15) is 28.2 Å². The largest absolute Gasteiger partial charge is 0.496 e. The Kier molecular flexibility index (Phi) is 7.58. The second-order valence-electron chi connectivity index (χ2n) is 8.95. The average molecular weight is 543 g/mol. The van der Waals surface area contributed by atoms with Crippen LogP contribution in [0, 0.1) is 11.8 Å². The van der Waals surface area contributed by atoms with Crippen molar-refractivity contribution in [1.82, 2.24) is 10.2 Å². The van der Waals surface area contributed by atoms with Crippen LogP contribution >= 0.6 is 0 Å². The normalized spacial score (nSPS) is 17.1. The summed E-state index contributed by atoms with van der Waals surface area (Å²) >= 11 is 0. The number of fused-ring (bicyclic) bond motifs is 1. The Labute approximate surface area is 221 Å². The minimum atomic E-state index is -4.85. The van der Waals surface area contributed by atoms with E-state index in [2.05, 4.69) is 17.2 Å². The summed E-state index contributed by atoms with van der Waals surface area (Å²) in [5.41, 5.74) is -3.58. The highest BCUT2D eigenvalue weighted by Gasteiger charge is 2.50. The number of alkyl halides is 3. The summed E-state index contributed by atoms with van der Waals surface area (Å²) in [6.07, 6.45) is -3.98. The first-order valence-electron chi connectivity index (χ1n) is 12.0. The molecule has 2 aromatic carbocycles. The van der Waals surface area contributed by atoms with Crippen LogP contribution in [0.25, 0.3) is 11.0 Å². The first-order chi connectivity index (χ1) is 18.5. The van der Waals surface area contributed by atoms with Crippen LogP contribution in [0.1, 0.15) is 43.4 Å². The smallest absolute Gasteiger partial charge is 0.423 e. The van der Waals surface area contributed by atoms with Crippen LogP contribution in [0.15, 0.2) is 51.7 Å². The molecule has 11 heteroatoms. The van der Waals surface area contributed by atoms with Crippen LogP contribution in [0.4, 0.5) is 18.0 Å². The number of nitrogens with one attached hydrogen (secondary N) is 1. The molecule has 3 amide bonds. The highest BCUT2D eigenvalue weighted by Crippen LogP contribution is 2.35. The number of unbranched alkanes of at least 4 members (excludes halogenated alkanes) is 1. The summed E-state index contributed by atoms with van der Waals surface area (Å²) in [5.74, 6) is 5.69. The lowest BCUT2D eigenvalue weighted by Gasteiger charge is -2.24. The number of urea groups is 1. The highest BCUT2D eigenvalue weighted by atomic mass is 19.4. The molecule has 0 aliphatic carbocycles. The van der Waals surface area contributed by atoms with E-state index in [1.807, 2.05) is 0 Å². The molecule has 1 aliphatic rings. The van der Waals surface area contributed by atoms with Gasteiger partial charge >= 0.3 is 17.8 Å². The molecule has 1 N–H and O–H groups in total. The van der Waals surface area contributed by atoms with Crippen LogP contribution in [-0.2, 0) is 16.5 Å². The summed E-state index contributed by atoms with van der Waals surface area (Å²) < 4.78 is 55.4. The molecule has 204 valence electrons. The fourth-order valence-electron chi connectivity index (χ4n) is 4.42. The standard InChI is InChI=1S/C28H25F3N2O6/c1-4-9-18-21(13-12-17-16-20(28(29,30)31)24(34)39-23(17)18)38-15-8-7-14-33-25(35)27(2,32-26(33)36)19-10-5-6-11-22(19)37-3/h5-6,10-13,16H,7-8,14-15H2,1-3H3,(H,32,36). The number of carbonyl (C=O) groups excluding carboxylic acids is 2. The minimum absolute atomic E-state index is 0.0590. The van der Waals surface area contributed by atoms with Crippen molar-refractivity contribution in [2.75, 3.05) is 20.3 Å². The number of carbonyl (C=O) groups is 2. The van der Waals surface area contributed by atoms with Crippen LogP contribution in [0.5, 0.6) is 11.5 Å². The lowest BCUT2D eigenvalue weighted by Crippen LogP contribution is -2.41. The van der Waals surface area contributed by atoms with Crippen molar-refractivity contribution >= 4 is 22.9 Å². The number of ether oxygens (including phenoxy) is 2. The molecule has 1 fully saturated rings. The molecule has 3 aromatic rings. The predicted molar refractivity (Wildman–Crippen MR) is 135 cm³/mol. The molecule has 1 aliphatic heterocycles. The van der Waals surface area contributed by atoms with Gasteiger partial charge in [-0.15, -0.1) is 5.92 Å². The fourth-order valence-corrected chi connectivity index (χ4v) is 4.42. The van der Waals surface area contributed by atoms with Crippen molar-refractivity contribution in [3.63, 3.8) is 0 Å². The molecule has 1 unspecified atom stereocenters. The Balaban J connectivity index is 1.43. The molecule has 1 aromatic heterocycles. The number of hydrogen-bond donors (Lipinski definition) is 1. The van der Waals surface area contributed by atoms with E-state index < -0.39 is 34.8 Å². The summed E-state index contributed by atoms with van der Waals surface area (Å²) in [7, 11) is 1.49. The van der Waals surface area contributed by atoms with E-state index in [1.54, 1.807) is 31.2 Å². The van der Waals surface area contributed by atoms with Crippen molar-refractivity contribution in [2.45, 2.75) is 38.4 Å². The van der Waals surface area contributed by atoms with Gasteiger partial charge in [0.2, 0.25) is 0 Å². The van der Waals surface area contributed by atoms with Gasteiger partial charge in [-0.3, -0.25) is 9.69 Å². The number of benzene rings is 2. The second-order valence-corrected chi connectivity index (χ2v) is 8.95. The van der Waals surface area contributed by atoms with E-state index in [0.717, 1.165) is 11.0 Å². The van der Waals surface area contributed by atoms with Gasteiger partial charge in [-0.25, -0.2) is 9.59 Å². The van der Waals surface area contributed by atoms with E-state index in [9.17, 15) is 27.6 Å². The van der Waals surface area contributed by atoms with E-state index in [1.165, 1.54) is 26.2 Å². The molecule has 0 saturated carbocycles. The summed E-state index contributed by atoms with van der Waals surface area (Å²) in [6, 6.07) is 9.98. The molecule has 39 heavy (non-hydrogen) atoms. The van der Waals surface area contributed by atoms with E-state index in [0.29, 0.717) is 24.2 Å². The summed E-state index contributed by atoms with van der Waals surface area (Å²) in [6.45, 7) is 3.46. The molecule has 8 nitrogen and oxygen atoms in total. The maximum atomic E-state index is 13.2. The van der Waals surface area contributed by atoms with Gasteiger partial charge < -0.3 is 19.2 Å². The molecule has 4 rings (SSSR count). The van der Waals surface area contributed by atoms with Crippen LogP contribution in [-0.4, -0.2) is 37.1 Å². The van der Waals surface area contributed by atoms with E-state index in [4.69, 9.17) is 13.9 Å². The quantitative estimate of drug-likeness (QED) is 0.190. The molecular weight excluding hydrogens is 517 g/mol. The zero-order valence-electron chi connectivity index (χ0n) is 21.4. The molecule has 2 heterocycles. The number of imide groups is 1. The van der Waals surface area contributed by atoms with Gasteiger partial charge in [-0.2, -0.15) is 13.2 Å². The minimum Gasteiger partial charge on any atom is -0.496 e. The molecule has 1 atom stereocenters. The Morgan fingerprint density at radius 3 is 2.51 bits per heavy atom. The SMILES string of the molecule is CC#Cc1c(OCCCCN2C(=O)NC(C)(c3ccccc3OC)C2=O)ccc2cc(C(F)(F)F)c(=O)oc12. The van der Waals surface area contributed by atoms with Gasteiger partial charge in [0.15, 0.2) is 5.58 Å². The first kappa shape index (κ1) is 27.6. The van der Waals surface area contributed by atoms with E-state index in [-0.39, 0.29) is 35.4 Å². The molecular formula is C28H25F3N2O6. The van der Waals surface area contributed by atoms with Crippen LogP contribution in [0.3, 0.4) is 0 Å². The summed E-state index contributed by atoms with van der Waals surface area (Å²) in [4.78, 5) is 38.9. The number of amides is 3. The van der Waals surface area contributed by atoms with Crippen molar-refractivity contribution in [1.29, 1.82) is 0 Å². The van der Waals surface area contributed by atoms with Gasteiger partial charge in [-0.05, 0) is 51.0 Å². The fraction of sp³-hybridized carbons (Fsp3) is 0.321. The van der Waals surface area contributed by atoms with Crippen molar-refractivity contribution < 1.29 is 36.7 Å². The lowest BCUT2D eigenvalue weighted by molar-refractivity contribution is -0.139. The number of nitrogens with zero attached hydrogens (tertiary/aromatic N) is 1. The highest BCUT2D eigenvalue weighted by molar-refractivity contribution is 6.07. The van der Waals surface area contributed by atoms with Crippen LogP contribution < -0.4 is 20.4 Å². The predicted octanol–water partition coefficient (Wildman–Crippen LogP) is 4.82. The third-order valence-corrected chi connectivity index (χ3v) is 6.37. The molecule has 0 radical (unpaired) electrons. The first-order valence-corrected chi connectivity index (χ1v) is 12.0. The second kappa shape index (κ2) is 10.7. The maximum absolute atomic E-state index is 13.2. The molecule has 1 saturated heterocycles. The number of hydrogen-bond acceptors (Lipinski definition) is 6. The van der Waals surface area contributed by atoms with Crippen molar-refractivity contribution in [3.8, 4) is 23.3 Å². The maximum Gasteiger partial charge on any atom is 0.423 e. The van der Waals surface area contributed by atoms with E-state index >= 15 is 0 Å². The van der Waals surface area contributed by atoms with Crippen LogP contribution in [0.2, 0.25) is 0 Å². The van der Waals surface area contributed by atoms with Gasteiger partial charge in [0.25, 0.3) is 5.91 Å². The zero-order chi connectivity index (χ0) is 28.4. The summed E-state index contributed by atoms with van der Waals surface area (Å²) in [5, 5.41) is 2.81. The topological polar surface area (TPSA) is 98.1 Å². The zero-order valence-corrected chi connectivity index (χ0v) is 21.4. The van der Waals surface area contributed by atoms with Crippen molar-refractivity contribution in [3.05, 3.63) is 69.6 Å².